The van der Waals surface area contributed by atoms with Crippen LogP contribution < -0.4 is 0 Å². The average molecular weight is 172 g/mol. The van der Waals surface area contributed by atoms with Crippen LogP contribution in [0.4, 0.5) is 4.39 Å². The van der Waals surface area contributed by atoms with Crippen molar-refractivity contribution in [2.75, 3.05) is 0 Å². The second-order valence-electron chi connectivity index (χ2n) is 2.37. The van der Waals surface area contributed by atoms with Gasteiger partial charge in [0.2, 0.25) is 0 Å². The zero-order valence-corrected chi connectivity index (χ0v) is 6.83. The van der Waals surface area contributed by atoms with E-state index in [-0.39, 0.29) is 11.4 Å². The van der Waals surface area contributed by atoms with Crippen molar-refractivity contribution in [1.82, 2.24) is 9.78 Å². The van der Waals surface area contributed by atoms with E-state index in [1.165, 1.54) is 6.92 Å². The molecule has 1 N–H and O–H groups in total. The van der Waals surface area contributed by atoms with Gasteiger partial charge >= 0.3 is 5.97 Å². The molecule has 0 aliphatic carbocycles. The smallest absolute Gasteiger partial charge is 0.357 e. The summed E-state index contributed by atoms with van der Waals surface area (Å²) in [5.41, 5.74) is -0.246. The van der Waals surface area contributed by atoms with Crippen LogP contribution >= 0.6 is 0 Å². The number of halogens is 1. The second-order valence-corrected chi connectivity index (χ2v) is 2.37. The molecule has 5 heteroatoms. The van der Waals surface area contributed by atoms with E-state index in [0.717, 1.165) is 4.68 Å². The molecule has 0 aliphatic heterocycles. The van der Waals surface area contributed by atoms with E-state index in [1.54, 1.807) is 6.92 Å². The molecule has 0 saturated heterocycles. The molecule has 66 valence electrons. The average Bonchev–Trinajstić information content (AvgIpc) is 2.28. The molecule has 0 aliphatic rings. The third-order valence-electron chi connectivity index (χ3n) is 1.56. The maximum atomic E-state index is 13.0. The minimum absolute atomic E-state index is 0.120. The summed E-state index contributed by atoms with van der Waals surface area (Å²) < 4.78 is 14.1. The Hall–Kier alpha value is -1.39. The molecule has 0 bridgehead atoms. The summed E-state index contributed by atoms with van der Waals surface area (Å²) >= 11 is 0. The normalized spacial score (nSPS) is 10.2. The molecule has 1 aromatic rings. The standard InChI is InChI=1S/C7H9FN2O2/c1-3-10-6(7(11)12)5(8)4(2)9-10/h3H2,1-2H3,(H,11,12). The minimum Gasteiger partial charge on any atom is -0.476 e. The van der Waals surface area contributed by atoms with Gasteiger partial charge in [-0.25, -0.2) is 9.18 Å². The van der Waals surface area contributed by atoms with Crippen molar-refractivity contribution in [3.63, 3.8) is 0 Å². The summed E-state index contributed by atoms with van der Waals surface area (Å²) in [5, 5.41) is 12.3. The molecule has 0 atom stereocenters. The van der Waals surface area contributed by atoms with E-state index < -0.39 is 11.8 Å². The highest BCUT2D eigenvalue weighted by Gasteiger charge is 2.19. The Morgan fingerprint density at radius 1 is 1.75 bits per heavy atom. The lowest BCUT2D eigenvalue weighted by molar-refractivity contribution is 0.0678. The lowest BCUT2D eigenvalue weighted by Crippen LogP contribution is -2.09. The van der Waals surface area contributed by atoms with E-state index in [4.69, 9.17) is 5.11 Å². The molecule has 0 spiro atoms. The Morgan fingerprint density at radius 2 is 2.33 bits per heavy atom. The van der Waals surface area contributed by atoms with Crippen LogP contribution in [0.2, 0.25) is 0 Å². The zero-order chi connectivity index (χ0) is 9.30. The predicted octanol–water partition coefficient (Wildman–Crippen LogP) is 1.05. The molecule has 1 aromatic heterocycles. The highest BCUT2D eigenvalue weighted by atomic mass is 19.1. The van der Waals surface area contributed by atoms with Crippen LogP contribution in [-0.2, 0) is 6.54 Å². The van der Waals surface area contributed by atoms with Gasteiger partial charge in [-0.2, -0.15) is 5.10 Å². The van der Waals surface area contributed by atoms with Gasteiger partial charge in [-0.15, -0.1) is 0 Å². The first-order valence-corrected chi connectivity index (χ1v) is 3.54. The monoisotopic (exact) mass is 172 g/mol. The summed E-state index contributed by atoms with van der Waals surface area (Å²) in [7, 11) is 0. The van der Waals surface area contributed by atoms with Crippen LogP contribution in [-0.4, -0.2) is 20.9 Å². The molecule has 4 nitrogen and oxygen atoms in total. The van der Waals surface area contributed by atoms with Crippen molar-refractivity contribution in [3.8, 4) is 0 Å². The Labute approximate surface area is 68.6 Å². The molecule has 0 amide bonds. The van der Waals surface area contributed by atoms with Gasteiger partial charge in [-0.3, -0.25) is 4.68 Å². The minimum atomic E-state index is -1.28. The fourth-order valence-corrected chi connectivity index (χ4v) is 0.993. The van der Waals surface area contributed by atoms with Crippen LogP contribution in [0.1, 0.15) is 23.1 Å². The molecular formula is C7H9FN2O2. The number of carboxylic acid groups (broad SMARTS) is 1. The first-order chi connectivity index (χ1) is 5.57. The Bertz CT molecular complexity index is 319. The van der Waals surface area contributed by atoms with E-state index in [0.29, 0.717) is 6.54 Å². The topological polar surface area (TPSA) is 55.1 Å². The zero-order valence-electron chi connectivity index (χ0n) is 6.83. The molecule has 0 fully saturated rings. The van der Waals surface area contributed by atoms with Crippen LogP contribution in [0.25, 0.3) is 0 Å². The van der Waals surface area contributed by atoms with Gasteiger partial charge in [-0.1, -0.05) is 0 Å². The number of aromatic nitrogens is 2. The molecule has 0 saturated carbocycles. The van der Waals surface area contributed by atoms with Gasteiger partial charge in [0.1, 0.15) is 0 Å². The molecule has 0 unspecified atom stereocenters. The number of hydrogen-bond acceptors (Lipinski definition) is 2. The summed E-state index contributed by atoms with van der Waals surface area (Å²) in [6.07, 6.45) is 0. The van der Waals surface area contributed by atoms with Gasteiger partial charge in [-0.05, 0) is 13.8 Å². The summed E-state index contributed by atoms with van der Waals surface area (Å²) in [4.78, 5) is 10.5. The van der Waals surface area contributed by atoms with Crippen molar-refractivity contribution in [2.45, 2.75) is 20.4 Å². The first kappa shape index (κ1) is 8.70. The second kappa shape index (κ2) is 2.92. The summed E-state index contributed by atoms with van der Waals surface area (Å²) in [6.45, 7) is 3.50. The van der Waals surface area contributed by atoms with Crippen LogP contribution in [0.15, 0.2) is 0 Å². The Morgan fingerprint density at radius 3 is 2.67 bits per heavy atom. The number of hydrogen-bond donors (Lipinski definition) is 1. The van der Waals surface area contributed by atoms with Crippen molar-refractivity contribution in [3.05, 3.63) is 17.2 Å². The van der Waals surface area contributed by atoms with Gasteiger partial charge in [0, 0.05) is 6.54 Å². The maximum absolute atomic E-state index is 13.0. The van der Waals surface area contributed by atoms with Crippen LogP contribution in [0.5, 0.6) is 0 Å². The highest BCUT2D eigenvalue weighted by Crippen LogP contribution is 2.10. The van der Waals surface area contributed by atoms with Gasteiger partial charge in [0.15, 0.2) is 11.5 Å². The summed E-state index contributed by atoms with van der Waals surface area (Å²) in [6, 6.07) is 0. The number of carboxylic acids is 1. The number of carbonyl (C=O) groups is 1. The molecule has 1 heterocycles. The number of aromatic carboxylic acids is 1. The van der Waals surface area contributed by atoms with E-state index in [1.807, 2.05) is 0 Å². The Balaban J connectivity index is 3.31. The summed E-state index contributed by atoms with van der Waals surface area (Å²) in [5.74, 6) is -2.03. The van der Waals surface area contributed by atoms with Crippen molar-refractivity contribution >= 4 is 5.97 Å². The molecule has 1 rings (SSSR count). The number of nitrogens with zero attached hydrogens (tertiary/aromatic N) is 2. The van der Waals surface area contributed by atoms with E-state index in [9.17, 15) is 9.18 Å². The molecular weight excluding hydrogens is 163 g/mol. The van der Waals surface area contributed by atoms with Crippen LogP contribution in [0.3, 0.4) is 0 Å². The van der Waals surface area contributed by atoms with Gasteiger partial charge in [0.25, 0.3) is 0 Å². The van der Waals surface area contributed by atoms with Crippen LogP contribution in [0, 0.1) is 12.7 Å². The van der Waals surface area contributed by atoms with E-state index >= 15 is 0 Å². The molecule has 0 radical (unpaired) electrons. The lowest BCUT2D eigenvalue weighted by Gasteiger charge is -1.97. The molecule has 0 aromatic carbocycles. The maximum Gasteiger partial charge on any atom is 0.357 e. The third kappa shape index (κ3) is 1.17. The SMILES string of the molecule is CCn1nc(C)c(F)c1C(=O)O. The number of rotatable bonds is 2. The third-order valence-corrected chi connectivity index (χ3v) is 1.56. The van der Waals surface area contributed by atoms with Gasteiger partial charge < -0.3 is 5.11 Å². The van der Waals surface area contributed by atoms with Gasteiger partial charge in [0.05, 0.1) is 5.69 Å². The van der Waals surface area contributed by atoms with Crippen molar-refractivity contribution in [2.24, 2.45) is 0 Å². The Kier molecular flexibility index (Phi) is 2.12. The molecule has 12 heavy (non-hydrogen) atoms. The fourth-order valence-electron chi connectivity index (χ4n) is 0.993. The van der Waals surface area contributed by atoms with Crippen molar-refractivity contribution in [1.29, 1.82) is 0 Å². The van der Waals surface area contributed by atoms with Crippen molar-refractivity contribution < 1.29 is 14.3 Å². The van der Waals surface area contributed by atoms with E-state index in [2.05, 4.69) is 5.10 Å². The first-order valence-electron chi connectivity index (χ1n) is 3.54. The highest BCUT2D eigenvalue weighted by molar-refractivity contribution is 5.86. The lowest BCUT2D eigenvalue weighted by atomic mass is 10.3. The predicted molar refractivity (Wildman–Crippen MR) is 39.6 cm³/mol. The fraction of sp³-hybridized carbons (Fsp3) is 0.429. The quantitative estimate of drug-likeness (QED) is 0.725. The largest absolute Gasteiger partial charge is 0.476 e. The number of aryl methyl sites for hydroxylation is 2.